The van der Waals surface area contributed by atoms with Crippen molar-refractivity contribution in [3.05, 3.63) is 41.8 Å². The third-order valence-corrected chi connectivity index (χ3v) is 3.96. The number of nitrogens with one attached hydrogen (secondary N) is 1. The maximum absolute atomic E-state index is 5.91. The Kier molecular flexibility index (Phi) is 2.89. The van der Waals surface area contributed by atoms with Gasteiger partial charge in [0.1, 0.15) is 5.15 Å². The minimum absolute atomic E-state index is 0.514. The van der Waals surface area contributed by atoms with Gasteiger partial charge in [-0.15, -0.1) is 0 Å². The molecule has 2 aromatic heterocycles. The van der Waals surface area contributed by atoms with Gasteiger partial charge in [0.05, 0.1) is 4.88 Å². The van der Waals surface area contributed by atoms with Crippen LogP contribution in [0.2, 0.25) is 5.15 Å². The number of hydrogen-bond acceptors (Lipinski definition) is 4. The van der Waals surface area contributed by atoms with Crippen molar-refractivity contribution in [3.63, 3.8) is 0 Å². The first-order chi connectivity index (χ1) is 8.76. The highest BCUT2D eigenvalue weighted by molar-refractivity contribution is 7.18. The summed E-state index contributed by atoms with van der Waals surface area (Å²) >= 11 is 7.54. The molecule has 0 saturated carbocycles. The third-order valence-electron chi connectivity index (χ3n) is 2.69. The molecule has 0 radical (unpaired) electrons. The third kappa shape index (κ3) is 2.05. The molecular formula is C13H10ClN3S. The lowest BCUT2D eigenvalue weighted by Crippen LogP contribution is -1.83. The Bertz CT molecular complexity index is 708. The van der Waals surface area contributed by atoms with Crippen molar-refractivity contribution in [2.75, 3.05) is 12.4 Å². The summed E-state index contributed by atoms with van der Waals surface area (Å²) in [5.41, 5.74) is 1.14. The summed E-state index contributed by atoms with van der Waals surface area (Å²) in [6, 6.07) is 8.11. The van der Waals surface area contributed by atoms with E-state index in [1.54, 1.807) is 17.5 Å². The zero-order valence-corrected chi connectivity index (χ0v) is 11.2. The van der Waals surface area contributed by atoms with E-state index in [1.165, 1.54) is 0 Å². The molecule has 2 heterocycles. The number of fused-ring (bicyclic) bond motifs is 1. The van der Waals surface area contributed by atoms with Gasteiger partial charge < -0.3 is 5.32 Å². The number of thiazole rings is 1. The molecule has 0 saturated heterocycles. The quantitative estimate of drug-likeness (QED) is 0.717. The molecule has 3 nitrogen and oxygen atoms in total. The Morgan fingerprint density at radius 2 is 2.00 bits per heavy atom. The minimum Gasteiger partial charge on any atom is -0.365 e. The predicted molar refractivity (Wildman–Crippen MR) is 77.4 cm³/mol. The molecule has 0 aliphatic rings. The molecule has 0 aliphatic heterocycles. The first kappa shape index (κ1) is 11.4. The summed E-state index contributed by atoms with van der Waals surface area (Å²) in [6.07, 6.45) is 3.66. The molecule has 3 rings (SSSR count). The standard InChI is InChI=1S/C13H10ClN3S/c1-15-13-17-7-11(18-13)8-2-3-9-6-16-12(14)5-10(9)4-8/h2-7H,1H3,(H,15,17). The van der Waals surface area contributed by atoms with E-state index in [4.69, 9.17) is 11.6 Å². The van der Waals surface area contributed by atoms with Gasteiger partial charge in [0.25, 0.3) is 0 Å². The molecule has 1 N–H and O–H groups in total. The van der Waals surface area contributed by atoms with Crippen LogP contribution in [0, 0.1) is 0 Å². The van der Waals surface area contributed by atoms with E-state index in [0.29, 0.717) is 5.15 Å². The fourth-order valence-corrected chi connectivity index (χ4v) is 2.72. The van der Waals surface area contributed by atoms with Crippen molar-refractivity contribution in [2.45, 2.75) is 0 Å². The van der Waals surface area contributed by atoms with Gasteiger partial charge in [-0.25, -0.2) is 9.97 Å². The second-order valence-electron chi connectivity index (χ2n) is 3.85. The normalized spacial score (nSPS) is 10.8. The van der Waals surface area contributed by atoms with Crippen molar-refractivity contribution >= 4 is 38.8 Å². The number of aromatic nitrogens is 2. The molecular weight excluding hydrogens is 266 g/mol. The molecule has 3 aromatic rings. The SMILES string of the molecule is CNc1ncc(-c2ccc3cnc(Cl)cc3c2)s1. The van der Waals surface area contributed by atoms with Crippen molar-refractivity contribution < 1.29 is 0 Å². The highest BCUT2D eigenvalue weighted by atomic mass is 35.5. The fourth-order valence-electron chi connectivity index (χ4n) is 1.79. The lowest BCUT2D eigenvalue weighted by molar-refractivity contribution is 1.36. The van der Waals surface area contributed by atoms with E-state index in [2.05, 4.69) is 27.4 Å². The van der Waals surface area contributed by atoms with Crippen molar-refractivity contribution in [3.8, 4) is 10.4 Å². The second-order valence-corrected chi connectivity index (χ2v) is 5.27. The van der Waals surface area contributed by atoms with Crippen molar-refractivity contribution in [2.24, 2.45) is 0 Å². The Labute approximate surface area is 113 Å². The highest BCUT2D eigenvalue weighted by Crippen LogP contribution is 2.31. The number of pyridine rings is 1. The average molecular weight is 276 g/mol. The zero-order valence-electron chi connectivity index (χ0n) is 9.64. The van der Waals surface area contributed by atoms with Crippen LogP contribution in [0.1, 0.15) is 0 Å². The number of anilines is 1. The van der Waals surface area contributed by atoms with E-state index < -0.39 is 0 Å². The Morgan fingerprint density at radius 3 is 2.78 bits per heavy atom. The van der Waals surface area contributed by atoms with E-state index in [0.717, 1.165) is 26.3 Å². The highest BCUT2D eigenvalue weighted by Gasteiger charge is 2.05. The molecule has 0 aliphatic carbocycles. The largest absolute Gasteiger partial charge is 0.365 e. The summed E-state index contributed by atoms with van der Waals surface area (Å²) < 4.78 is 0. The first-order valence-electron chi connectivity index (χ1n) is 5.45. The monoisotopic (exact) mass is 275 g/mol. The average Bonchev–Trinajstić information content (AvgIpc) is 2.86. The van der Waals surface area contributed by atoms with E-state index >= 15 is 0 Å². The van der Waals surface area contributed by atoms with Gasteiger partial charge in [0.15, 0.2) is 5.13 Å². The molecule has 0 amide bonds. The fraction of sp³-hybridized carbons (Fsp3) is 0.0769. The van der Waals surface area contributed by atoms with Crippen LogP contribution in [0.5, 0.6) is 0 Å². The topological polar surface area (TPSA) is 37.8 Å². The second kappa shape index (κ2) is 4.55. The Hall–Kier alpha value is -1.65. The van der Waals surface area contributed by atoms with Crippen molar-refractivity contribution in [1.29, 1.82) is 0 Å². The molecule has 0 fully saturated rings. The van der Waals surface area contributed by atoms with Crippen LogP contribution in [-0.2, 0) is 0 Å². The van der Waals surface area contributed by atoms with Crippen molar-refractivity contribution in [1.82, 2.24) is 9.97 Å². The maximum Gasteiger partial charge on any atom is 0.182 e. The summed E-state index contributed by atoms with van der Waals surface area (Å²) in [5, 5.41) is 6.64. The lowest BCUT2D eigenvalue weighted by atomic mass is 10.1. The molecule has 5 heteroatoms. The van der Waals surface area contributed by atoms with Crippen LogP contribution in [0.15, 0.2) is 36.7 Å². The van der Waals surface area contributed by atoms with E-state index in [-0.39, 0.29) is 0 Å². The van der Waals surface area contributed by atoms with Gasteiger partial charge in [0.2, 0.25) is 0 Å². The minimum atomic E-state index is 0.514. The van der Waals surface area contributed by atoms with Gasteiger partial charge >= 0.3 is 0 Å². The van der Waals surface area contributed by atoms with Gasteiger partial charge in [-0.3, -0.25) is 0 Å². The lowest BCUT2D eigenvalue weighted by Gasteiger charge is -2.01. The molecule has 0 spiro atoms. The Morgan fingerprint density at radius 1 is 1.11 bits per heavy atom. The smallest absolute Gasteiger partial charge is 0.182 e. The van der Waals surface area contributed by atoms with E-state index in [1.807, 2.05) is 25.4 Å². The summed E-state index contributed by atoms with van der Waals surface area (Å²) in [4.78, 5) is 9.48. The number of halogens is 1. The Balaban J connectivity index is 2.12. The van der Waals surface area contributed by atoms with Gasteiger partial charge in [-0.2, -0.15) is 0 Å². The summed E-state index contributed by atoms with van der Waals surface area (Å²) in [5.74, 6) is 0. The molecule has 0 unspecified atom stereocenters. The zero-order chi connectivity index (χ0) is 12.5. The number of rotatable bonds is 2. The van der Waals surface area contributed by atoms with Crippen LogP contribution in [0.25, 0.3) is 21.2 Å². The van der Waals surface area contributed by atoms with Gasteiger partial charge in [0, 0.05) is 24.8 Å². The van der Waals surface area contributed by atoms with Crippen LogP contribution >= 0.6 is 22.9 Å². The van der Waals surface area contributed by atoms with Crippen LogP contribution in [0.3, 0.4) is 0 Å². The van der Waals surface area contributed by atoms with Crippen LogP contribution in [-0.4, -0.2) is 17.0 Å². The van der Waals surface area contributed by atoms with E-state index in [9.17, 15) is 0 Å². The van der Waals surface area contributed by atoms with Gasteiger partial charge in [-0.1, -0.05) is 35.1 Å². The summed E-state index contributed by atoms with van der Waals surface area (Å²) in [6.45, 7) is 0. The summed E-state index contributed by atoms with van der Waals surface area (Å²) in [7, 11) is 1.87. The van der Waals surface area contributed by atoms with Crippen LogP contribution in [0.4, 0.5) is 5.13 Å². The molecule has 0 bridgehead atoms. The predicted octanol–water partition coefficient (Wildman–Crippen LogP) is 4.05. The number of benzene rings is 1. The molecule has 90 valence electrons. The molecule has 1 aromatic carbocycles. The number of nitrogens with zero attached hydrogens (tertiary/aromatic N) is 2. The number of hydrogen-bond donors (Lipinski definition) is 1. The first-order valence-corrected chi connectivity index (χ1v) is 6.65. The van der Waals surface area contributed by atoms with Gasteiger partial charge in [-0.05, 0) is 23.1 Å². The molecule has 18 heavy (non-hydrogen) atoms. The van der Waals surface area contributed by atoms with Crippen LogP contribution < -0.4 is 5.32 Å². The molecule has 0 atom stereocenters. The maximum atomic E-state index is 5.91.